The minimum atomic E-state index is -3.66. The lowest BCUT2D eigenvalue weighted by Gasteiger charge is -2.31. The molecule has 0 bridgehead atoms. The number of piperidine rings is 1. The third-order valence-corrected chi connectivity index (χ3v) is 7.82. The summed E-state index contributed by atoms with van der Waals surface area (Å²) in [5.74, 6) is 0.561. The molecule has 1 aliphatic heterocycles. The van der Waals surface area contributed by atoms with E-state index in [0.717, 1.165) is 31.2 Å². The minimum absolute atomic E-state index is 0.0458. The van der Waals surface area contributed by atoms with Gasteiger partial charge in [-0.3, -0.25) is 9.59 Å². The Bertz CT molecular complexity index is 1120. The van der Waals surface area contributed by atoms with E-state index in [1.165, 1.54) is 5.56 Å². The molecule has 0 unspecified atom stereocenters. The molecular formula is C23H30N4O5S. The summed E-state index contributed by atoms with van der Waals surface area (Å²) in [5.41, 5.74) is 2.33. The summed E-state index contributed by atoms with van der Waals surface area (Å²) < 4.78 is 32.8. The lowest BCUT2D eigenvalue weighted by molar-refractivity contribution is -0.134. The van der Waals surface area contributed by atoms with Crippen LogP contribution in [0.2, 0.25) is 0 Å². The topological polar surface area (TPSA) is 122 Å². The third-order valence-electron chi connectivity index (χ3n) is 6.36. The van der Waals surface area contributed by atoms with Crippen LogP contribution < -0.4 is 10.0 Å². The largest absolute Gasteiger partial charge is 0.360 e. The second-order valence-corrected chi connectivity index (χ2v) is 10.5. The maximum absolute atomic E-state index is 12.7. The number of aryl methyl sites for hydroxylation is 3. The summed E-state index contributed by atoms with van der Waals surface area (Å²) in [6.45, 7) is 2.72. The van der Waals surface area contributed by atoms with E-state index in [2.05, 4.69) is 15.2 Å². The summed E-state index contributed by atoms with van der Waals surface area (Å²) in [6, 6.07) is 6.96. The van der Waals surface area contributed by atoms with E-state index >= 15 is 0 Å². The SMILES string of the molecule is Cc1cc(NC(=O)C2CCN(C(=O)CCNS(=O)(=O)c3ccc4c(c3)CCCC4)CC2)no1. The Labute approximate surface area is 193 Å². The van der Waals surface area contributed by atoms with Crippen molar-refractivity contribution in [2.45, 2.75) is 56.8 Å². The van der Waals surface area contributed by atoms with Gasteiger partial charge in [0, 0.05) is 38.0 Å². The molecule has 2 amide bonds. The first kappa shape index (κ1) is 23.4. The van der Waals surface area contributed by atoms with Crippen LogP contribution in [-0.2, 0) is 32.5 Å². The van der Waals surface area contributed by atoms with Gasteiger partial charge < -0.3 is 14.7 Å². The van der Waals surface area contributed by atoms with E-state index in [4.69, 9.17) is 4.52 Å². The van der Waals surface area contributed by atoms with Gasteiger partial charge in [-0.25, -0.2) is 13.1 Å². The molecular weight excluding hydrogens is 444 g/mol. The Balaban J connectivity index is 1.22. The van der Waals surface area contributed by atoms with Crippen LogP contribution in [0.3, 0.4) is 0 Å². The summed E-state index contributed by atoms with van der Waals surface area (Å²) >= 11 is 0. The molecule has 1 aromatic heterocycles. The van der Waals surface area contributed by atoms with Gasteiger partial charge in [0.25, 0.3) is 0 Å². The highest BCUT2D eigenvalue weighted by Gasteiger charge is 2.28. The highest BCUT2D eigenvalue weighted by atomic mass is 32.2. The van der Waals surface area contributed by atoms with E-state index < -0.39 is 10.0 Å². The van der Waals surface area contributed by atoms with E-state index in [1.54, 1.807) is 30.0 Å². The van der Waals surface area contributed by atoms with Crippen molar-refractivity contribution in [1.29, 1.82) is 0 Å². The molecule has 0 spiro atoms. The lowest BCUT2D eigenvalue weighted by atomic mass is 9.92. The standard InChI is InChI=1S/C23H30N4O5S/c1-16-14-21(26-32-16)25-23(29)18-9-12-27(13-10-18)22(28)8-11-24-33(30,31)20-7-6-17-4-2-3-5-19(17)15-20/h6-7,14-15,18,24H,2-5,8-13H2,1H3,(H,25,26,29). The molecule has 10 heteroatoms. The fourth-order valence-corrected chi connectivity index (χ4v) is 5.54. The van der Waals surface area contributed by atoms with Crippen molar-refractivity contribution in [3.05, 3.63) is 41.2 Å². The summed E-state index contributed by atoms with van der Waals surface area (Å²) in [4.78, 5) is 26.9. The summed E-state index contributed by atoms with van der Waals surface area (Å²) in [6.07, 6.45) is 5.31. The number of carbonyl (C=O) groups is 2. The number of rotatable bonds is 7. The average molecular weight is 475 g/mol. The molecule has 1 aliphatic carbocycles. The van der Waals surface area contributed by atoms with Gasteiger partial charge >= 0.3 is 0 Å². The van der Waals surface area contributed by atoms with E-state index in [-0.39, 0.29) is 35.6 Å². The van der Waals surface area contributed by atoms with E-state index in [0.29, 0.717) is 37.5 Å². The number of amides is 2. The molecule has 33 heavy (non-hydrogen) atoms. The van der Waals surface area contributed by atoms with E-state index in [9.17, 15) is 18.0 Å². The molecule has 0 atom stereocenters. The maximum Gasteiger partial charge on any atom is 0.240 e. The zero-order valence-electron chi connectivity index (χ0n) is 18.8. The van der Waals surface area contributed by atoms with Crippen LogP contribution in [0.4, 0.5) is 5.82 Å². The average Bonchev–Trinajstić information content (AvgIpc) is 3.23. The predicted octanol–water partition coefficient (Wildman–Crippen LogP) is 2.41. The quantitative estimate of drug-likeness (QED) is 0.636. The zero-order valence-corrected chi connectivity index (χ0v) is 19.6. The number of sulfonamides is 1. The Morgan fingerprint density at radius 3 is 2.55 bits per heavy atom. The number of nitrogens with zero attached hydrogens (tertiary/aromatic N) is 2. The highest BCUT2D eigenvalue weighted by Crippen LogP contribution is 2.24. The fraction of sp³-hybridized carbons (Fsp3) is 0.522. The van der Waals surface area contributed by atoms with Crippen molar-refractivity contribution in [3.8, 4) is 0 Å². The van der Waals surface area contributed by atoms with Crippen molar-refractivity contribution >= 4 is 27.7 Å². The van der Waals surface area contributed by atoms with Crippen LogP contribution in [0.25, 0.3) is 0 Å². The Kier molecular flexibility index (Phi) is 7.14. The molecule has 4 rings (SSSR count). The van der Waals surface area contributed by atoms with Crippen molar-refractivity contribution < 1.29 is 22.5 Å². The number of benzene rings is 1. The first-order valence-corrected chi connectivity index (χ1v) is 12.9. The second kappa shape index (κ2) is 10.0. The normalized spacial score (nSPS) is 16.9. The predicted molar refractivity (Wildman–Crippen MR) is 122 cm³/mol. The minimum Gasteiger partial charge on any atom is -0.360 e. The Hall–Kier alpha value is -2.72. The number of nitrogens with one attached hydrogen (secondary N) is 2. The van der Waals surface area contributed by atoms with Crippen LogP contribution >= 0.6 is 0 Å². The van der Waals surface area contributed by atoms with Crippen LogP contribution in [-0.4, -0.2) is 49.9 Å². The summed E-state index contributed by atoms with van der Waals surface area (Å²) in [5, 5.41) is 6.50. The third kappa shape index (κ3) is 5.80. The van der Waals surface area contributed by atoms with Gasteiger partial charge in [-0.05, 0) is 68.7 Å². The van der Waals surface area contributed by atoms with Gasteiger partial charge in [-0.2, -0.15) is 0 Å². The van der Waals surface area contributed by atoms with Crippen LogP contribution in [0, 0.1) is 12.8 Å². The lowest BCUT2D eigenvalue weighted by Crippen LogP contribution is -2.42. The summed E-state index contributed by atoms with van der Waals surface area (Å²) in [7, 11) is -3.66. The maximum atomic E-state index is 12.7. The zero-order chi connectivity index (χ0) is 23.4. The number of hydrogen-bond acceptors (Lipinski definition) is 6. The van der Waals surface area contributed by atoms with Gasteiger partial charge in [0.2, 0.25) is 21.8 Å². The molecule has 1 fully saturated rings. The van der Waals surface area contributed by atoms with Crippen LogP contribution in [0.15, 0.2) is 33.7 Å². The van der Waals surface area contributed by atoms with Crippen molar-refractivity contribution in [2.75, 3.05) is 25.0 Å². The van der Waals surface area contributed by atoms with Gasteiger partial charge in [0.15, 0.2) is 5.82 Å². The van der Waals surface area contributed by atoms with Gasteiger partial charge in [0.1, 0.15) is 5.76 Å². The smallest absolute Gasteiger partial charge is 0.240 e. The van der Waals surface area contributed by atoms with Gasteiger partial charge in [-0.15, -0.1) is 0 Å². The molecule has 2 aliphatic rings. The Morgan fingerprint density at radius 2 is 1.85 bits per heavy atom. The van der Waals surface area contributed by atoms with Crippen LogP contribution in [0.1, 0.15) is 49.0 Å². The second-order valence-electron chi connectivity index (χ2n) is 8.75. The molecule has 0 saturated carbocycles. The van der Waals surface area contributed by atoms with E-state index in [1.807, 2.05) is 6.07 Å². The molecule has 178 valence electrons. The molecule has 1 saturated heterocycles. The Morgan fingerprint density at radius 1 is 1.12 bits per heavy atom. The van der Waals surface area contributed by atoms with Gasteiger partial charge in [-0.1, -0.05) is 11.2 Å². The number of carbonyl (C=O) groups excluding carboxylic acids is 2. The van der Waals surface area contributed by atoms with Crippen molar-refractivity contribution in [3.63, 3.8) is 0 Å². The van der Waals surface area contributed by atoms with Crippen molar-refractivity contribution in [2.24, 2.45) is 5.92 Å². The molecule has 2 aromatic rings. The van der Waals surface area contributed by atoms with Gasteiger partial charge in [0.05, 0.1) is 4.90 Å². The van der Waals surface area contributed by atoms with Crippen LogP contribution in [0.5, 0.6) is 0 Å². The molecule has 1 aromatic carbocycles. The molecule has 0 radical (unpaired) electrons. The first-order valence-electron chi connectivity index (χ1n) is 11.5. The number of hydrogen-bond donors (Lipinski definition) is 2. The highest BCUT2D eigenvalue weighted by molar-refractivity contribution is 7.89. The number of anilines is 1. The molecule has 9 nitrogen and oxygen atoms in total. The monoisotopic (exact) mass is 474 g/mol. The fourth-order valence-electron chi connectivity index (χ4n) is 4.46. The molecule has 2 heterocycles. The molecule has 2 N–H and O–H groups in total. The van der Waals surface area contributed by atoms with Crippen molar-refractivity contribution in [1.82, 2.24) is 14.8 Å². The number of fused-ring (bicyclic) bond motifs is 1. The number of aromatic nitrogens is 1. The number of likely N-dealkylation sites (tertiary alicyclic amines) is 1. The first-order chi connectivity index (χ1) is 15.8.